The zero-order chi connectivity index (χ0) is 19.7. The van der Waals surface area contributed by atoms with E-state index in [4.69, 9.17) is 4.74 Å². The maximum Gasteiger partial charge on any atom is 0.260 e. The number of nitrogens with one attached hydrogen (secondary N) is 1. The largest absolute Gasteiger partial charge is 0.496 e. The number of nitrogens with zero attached hydrogens (tertiary/aromatic N) is 4. The number of alkyl halides is 2. The SMILES string of the molecule is COc1c(C)cccc1CN1CCC[C@H]([C@@H]2C[C@H](C(F)F)n3ncnc3N2)C1. The highest BCUT2D eigenvalue weighted by atomic mass is 19.3. The van der Waals surface area contributed by atoms with Crippen molar-refractivity contribution in [2.24, 2.45) is 5.92 Å². The number of aryl methyl sites for hydroxylation is 1. The van der Waals surface area contributed by atoms with E-state index in [-0.39, 0.29) is 6.04 Å². The first-order valence-corrected chi connectivity index (χ1v) is 9.86. The summed E-state index contributed by atoms with van der Waals surface area (Å²) in [6, 6.07) is 5.28. The van der Waals surface area contributed by atoms with Gasteiger partial charge in [-0.15, -0.1) is 0 Å². The van der Waals surface area contributed by atoms with Crippen LogP contribution in [0.25, 0.3) is 0 Å². The number of benzene rings is 1. The molecule has 152 valence electrons. The Balaban J connectivity index is 1.47. The van der Waals surface area contributed by atoms with Crippen molar-refractivity contribution in [2.45, 2.75) is 51.2 Å². The predicted octanol–water partition coefficient (Wildman–Crippen LogP) is 3.50. The summed E-state index contributed by atoms with van der Waals surface area (Å²) in [7, 11) is 1.71. The third-order valence-electron chi connectivity index (χ3n) is 5.99. The molecule has 6 nitrogen and oxygen atoms in total. The summed E-state index contributed by atoms with van der Waals surface area (Å²) < 4.78 is 34.0. The molecule has 2 aliphatic heterocycles. The Morgan fingerprint density at radius 1 is 1.36 bits per heavy atom. The number of likely N-dealkylation sites (tertiary alicyclic amines) is 1. The molecule has 0 unspecified atom stereocenters. The molecule has 2 aliphatic rings. The van der Waals surface area contributed by atoms with E-state index in [9.17, 15) is 8.78 Å². The van der Waals surface area contributed by atoms with E-state index in [2.05, 4.69) is 32.4 Å². The molecule has 0 bridgehead atoms. The van der Waals surface area contributed by atoms with Gasteiger partial charge in [-0.2, -0.15) is 10.1 Å². The van der Waals surface area contributed by atoms with Gasteiger partial charge in [-0.25, -0.2) is 13.5 Å². The number of para-hydroxylation sites is 1. The van der Waals surface area contributed by atoms with E-state index in [0.29, 0.717) is 18.3 Å². The molecule has 4 rings (SSSR count). The number of rotatable bonds is 5. The number of piperidine rings is 1. The summed E-state index contributed by atoms with van der Waals surface area (Å²) in [5.41, 5.74) is 2.30. The molecule has 2 aromatic rings. The van der Waals surface area contributed by atoms with Crippen molar-refractivity contribution in [2.75, 3.05) is 25.5 Å². The second-order valence-electron chi connectivity index (χ2n) is 7.82. The van der Waals surface area contributed by atoms with E-state index < -0.39 is 12.5 Å². The molecule has 28 heavy (non-hydrogen) atoms. The lowest BCUT2D eigenvalue weighted by molar-refractivity contribution is 0.0550. The smallest absolute Gasteiger partial charge is 0.260 e. The molecule has 0 spiro atoms. The van der Waals surface area contributed by atoms with Crippen LogP contribution >= 0.6 is 0 Å². The molecule has 1 fully saturated rings. The minimum atomic E-state index is -2.44. The van der Waals surface area contributed by atoms with Gasteiger partial charge in [0.05, 0.1) is 7.11 Å². The number of hydrogen-bond acceptors (Lipinski definition) is 5. The molecule has 1 aromatic carbocycles. The molecule has 1 aromatic heterocycles. The van der Waals surface area contributed by atoms with Crippen molar-refractivity contribution in [3.63, 3.8) is 0 Å². The van der Waals surface area contributed by atoms with Crippen LogP contribution in [0.1, 0.15) is 36.4 Å². The lowest BCUT2D eigenvalue weighted by atomic mass is 9.86. The molecule has 0 amide bonds. The maximum absolute atomic E-state index is 13.6. The standard InChI is InChI=1S/C20H27F2N5O/c1-13-5-3-6-15(18(13)28-2)11-26-8-4-7-14(10-26)16-9-17(19(21)22)27-20(25-16)23-12-24-27/h3,5-6,12,14,16-17,19H,4,7-11H2,1-2H3,(H,23,24,25)/t14-,16-,17+/m0/s1. The Bertz CT molecular complexity index is 812. The normalized spacial score (nSPS) is 25.4. The number of anilines is 1. The lowest BCUT2D eigenvalue weighted by Gasteiger charge is -2.40. The summed E-state index contributed by atoms with van der Waals surface area (Å²) >= 11 is 0. The fourth-order valence-electron chi connectivity index (χ4n) is 4.63. The number of hydrogen-bond donors (Lipinski definition) is 1. The third-order valence-corrected chi connectivity index (χ3v) is 5.99. The number of methoxy groups -OCH3 is 1. The average Bonchev–Trinajstić information content (AvgIpc) is 3.16. The number of aromatic nitrogens is 3. The van der Waals surface area contributed by atoms with Crippen molar-refractivity contribution in [1.82, 2.24) is 19.7 Å². The summed E-state index contributed by atoms with van der Waals surface area (Å²) in [5.74, 6) is 1.70. The van der Waals surface area contributed by atoms with E-state index >= 15 is 0 Å². The van der Waals surface area contributed by atoms with Crippen LogP contribution in [0.2, 0.25) is 0 Å². The Hall–Kier alpha value is -2.22. The van der Waals surface area contributed by atoms with Gasteiger partial charge in [-0.1, -0.05) is 18.2 Å². The quantitative estimate of drug-likeness (QED) is 0.846. The molecule has 0 radical (unpaired) electrons. The van der Waals surface area contributed by atoms with Crippen LogP contribution in [0.15, 0.2) is 24.5 Å². The molecule has 0 saturated carbocycles. The van der Waals surface area contributed by atoms with Crippen molar-refractivity contribution in [1.29, 1.82) is 0 Å². The maximum atomic E-state index is 13.6. The topological polar surface area (TPSA) is 55.2 Å². The van der Waals surface area contributed by atoms with Gasteiger partial charge in [0, 0.05) is 24.7 Å². The Labute approximate surface area is 163 Å². The first-order chi connectivity index (χ1) is 13.6. The minimum Gasteiger partial charge on any atom is -0.496 e. The highest BCUT2D eigenvalue weighted by Crippen LogP contribution is 2.35. The van der Waals surface area contributed by atoms with Gasteiger partial charge < -0.3 is 10.1 Å². The summed E-state index contributed by atoms with van der Waals surface area (Å²) in [6.45, 7) is 4.74. The fourth-order valence-corrected chi connectivity index (χ4v) is 4.63. The Morgan fingerprint density at radius 2 is 2.21 bits per heavy atom. The Morgan fingerprint density at radius 3 is 3.00 bits per heavy atom. The van der Waals surface area contributed by atoms with Gasteiger partial charge in [0.15, 0.2) is 0 Å². The van der Waals surface area contributed by atoms with E-state index in [1.165, 1.54) is 16.6 Å². The molecule has 3 heterocycles. The van der Waals surface area contributed by atoms with Crippen molar-refractivity contribution in [3.8, 4) is 5.75 Å². The summed E-state index contributed by atoms with van der Waals surface area (Å²) in [6.07, 6.45) is 1.37. The number of halogens is 2. The van der Waals surface area contributed by atoms with Crippen LogP contribution in [0, 0.1) is 12.8 Å². The van der Waals surface area contributed by atoms with Gasteiger partial charge in [-0.05, 0) is 44.2 Å². The molecular formula is C20H27F2N5O. The second-order valence-corrected chi connectivity index (χ2v) is 7.82. The zero-order valence-electron chi connectivity index (χ0n) is 16.3. The highest BCUT2D eigenvalue weighted by molar-refractivity contribution is 5.40. The first kappa shape index (κ1) is 19.1. The fraction of sp³-hybridized carbons (Fsp3) is 0.600. The number of fused-ring (bicyclic) bond motifs is 1. The van der Waals surface area contributed by atoms with Crippen molar-refractivity contribution in [3.05, 3.63) is 35.7 Å². The van der Waals surface area contributed by atoms with Gasteiger partial charge in [-0.3, -0.25) is 4.90 Å². The van der Waals surface area contributed by atoms with Crippen LogP contribution in [0.5, 0.6) is 5.75 Å². The highest BCUT2D eigenvalue weighted by Gasteiger charge is 2.38. The predicted molar refractivity (Wildman–Crippen MR) is 103 cm³/mol. The summed E-state index contributed by atoms with van der Waals surface area (Å²) in [5, 5.41) is 7.33. The molecule has 3 atom stereocenters. The Kier molecular flexibility index (Phi) is 5.48. The lowest BCUT2D eigenvalue weighted by Crippen LogP contribution is -2.46. The monoisotopic (exact) mass is 391 g/mol. The van der Waals surface area contributed by atoms with Crippen LogP contribution in [0.4, 0.5) is 14.7 Å². The number of ether oxygens (including phenoxy) is 1. The average molecular weight is 391 g/mol. The minimum absolute atomic E-state index is 0.0158. The molecular weight excluding hydrogens is 364 g/mol. The van der Waals surface area contributed by atoms with E-state index in [1.807, 2.05) is 13.0 Å². The van der Waals surface area contributed by atoms with Crippen LogP contribution in [0.3, 0.4) is 0 Å². The van der Waals surface area contributed by atoms with Crippen LogP contribution in [-0.4, -0.2) is 52.3 Å². The first-order valence-electron chi connectivity index (χ1n) is 9.86. The van der Waals surface area contributed by atoms with Gasteiger partial charge in [0.25, 0.3) is 6.43 Å². The second kappa shape index (κ2) is 8.03. The van der Waals surface area contributed by atoms with Crippen molar-refractivity contribution < 1.29 is 13.5 Å². The molecule has 8 heteroatoms. The summed E-state index contributed by atoms with van der Waals surface area (Å²) in [4.78, 5) is 6.54. The van der Waals surface area contributed by atoms with Crippen molar-refractivity contribution >= 4 is 5.95 Å². The third kappa shape index (κ3) is 3.70. The van der Waals surface area contributed by atoms with E-state index in [1.54, 1.807) is 7.11 Å². The van der Waals surface area contributed by atoms with Crippen LogP contribution in [-0.2, 0) is 6.54 Å². The molecule has 1 N–H and O–H groups in total. The molecule has 1 saturated heterocycles. The van der Waals surface area contributed by atoms with E-state index in [0.717, 1.165) is 43.8 Å². The van der Waals surface area contributed by atoms with Crippen LogP contribution < -0.4 is 10.1 Å². The van der Waals surface area contributed by atoms with Gasteiger partial charge >= 0.3 is 0 Å². The van der Waals surface area contributed by atoms with Gasteiger partial charge in [0.2, 0.25) is 5.95 Å². The van der Waals surface area contributed by atoms with Gasteiger partial charge in [0.1, 0.15) is 18.1 Å². The molecule has 0 aliphatic carbocycles. The zero-order valence-corrected chi connectivity index (χ0v) is 16.3.